The molecule has 1 aromatic heterocycles. The zero-order valence-electron chi connectivity index (χ0n) is 14.7. The Morgan fingerprint density at radius 3 is 2.77 bits per heavy atom. The molecule has 3 aromatic rings. The molecule has 0 radical (unpaired) electrons. The van der Waals surface area contributed by atoms with Crippen LogP contribution in [0.2, 0.25) is 5.02 Å². The van der Waals surface area contributed by atoms with Crippen molar-refractivity contribution in [3.05, 3.63) is 53.2 Å². The van der Waals surface area contributed by atoms with E-state index in [4.69, 9.17) is 21.1 Å². The molecule has 0 aliphatic heterocycles. The molecule has 6 nitrogen and oxygen atoms in total. The molecule has 136 valence electrons. The third-order valence-electron chi connectivity index (χ3n) is 4.12. The molecule has 0 aliphatic carbocycles. The first-order valence-electron chi connectivity index (χ1n) is 8.20. The highest BCUT2D eigenvalue weighted by Gasteiger charge is 2.09. The number of nitrogens with one attached hydrogen (secondary N) is 1. The summed E-state index contributed by atoms with van der Waals surface area (Å²) >= 11 is 6.15. The fourth-order valence-corrected chi connectivity index (χ4v) is 2.95. The number of rotatable bonds is 7. The van der Waals surface area contributed by atoms with E-state index >= 15 is 0 Å². The van der Waals surface area contributed by atoms with Gasteiger partial charge in [0.15, 0.2) is 11.5 Å². The molecule has 0 unspecified atom stereocenters. The maximum absolute atomic E-state index is 12.2. The van der Waals surface area contributed by atoms with Crippen LogP contribution in [0, 0.1) is 0 Å². The summed E-state index contributed by atoms with van der Waals surface area (Å²) < 4.78 is 12.3. The minimum atomic E-state index is -0.0505. The maximum atomic E-state index is 12.2. The van der Waals surface area contributed by atoms with Gasteiger partial charge in [-0.2, -0.15) is 5.10 Å². The van der Waals surface area contributed by atoms with Crippen LogP contribution < -0.4 is 14.8 Å². The number of aromatic nitrogens is 2. The van der Waals surface area contributed by atoms with Gasteiger partial charge in [0.25, 0.3) is 0 Å². The average Bonchev–Trinajstić information content (AvgIpc) is 3.09. The van der Waals surface area contributed by atoms with Gasteiger partial charge in [-0.1, -0.05) is 23.7 Å². The second kappa shape index (κ2) is 8.10. The summed E-state index contributed by atoms with van der Waals surface area (Å²) in [7, 11) is 3.17. The van der Waals surface area contributed by atoms with Gasteiger partial charge in [0.2, 0.25) is 5.91 Å². The number of nitrogens with zero attached hydrogens (tertiary/aromatic N) is 2. The molecular formula is C19H20ClN3O3. The highest BCUT2D eigenvalue weighted by molar-refractivity contribution is 6.35. The monoisotopic (exact) mass is 373 g/mol. The van der Waals surface area contributed by atoms with Crippen LogP contribution in [0.1, 0.15) is 12.0 Å². The molecule has 26 heavy (non-hydrogen) atoms. The molecule has 1 N–H and O–H groups in total. The molecule has 0 fully saturated rings. The minimum Gasteiger partial charge on any atom is -0.493 e. The standard InChI is InChI=1S/C19H20ClN3O3/c1-25-17-7-6-13(10-18(17)26-2)11-21-19(24)8-9-23-16-5-3-4-15(20)14(16)12-22-23/h3-7,10,12H,8-9,11H2,1-2H3,(H,21,24). The molecule has 0 atom stereocenters. The van der Waals surface area contributed by atoms with E-state index in [0.717, 1.165) is 16.5 Å². The number of carbonyl (C=O) groups excluding carboxylic acids is 1. The lowest BCUT2D eigenvalue weighted by atomic mass is 10.2. The van der Waals surface area contributed by atoms with Gasteiger partial charge in [-0.3, -0.25) is 9.48 Å². The van der Waals surface area contributed by atoms with Crippen molar-refractivity contribution in [2.45, 2.75) is 19.5 Å². The lowest BCUT2D eigenvalue weighted by Gasteiger charge is -2.10. The topological polar surface area (TPSA) is 65.4 Å². The number of hydrogen-bond donors (Lipinski definition) is 1. The van der Waals surface area contributed by atoms with Crippen molar-refractivity contribution in [3.63, 3.8) is 0 Å². The second-order valence-corrected chi connectivity index (χ2v) is 6.16. The number of methoxy groups -OCH3 is 2. The SMILES string of the molecule is COc1ccc(CNC(=O)CCn2ncc3c(Cl)cccc32)cc1OC. The normalized spacial score (nSPS) is 10.7. The molecule has 0 bridgehead atoms. The Morgan fingerprint density at radius 2 is 2.00 bits per heavy atom. The van der Waals surface area contributed by atoms with E-state index < -0.39 is 0 Å². The van der Waals surface area contributed by atoms with E-state index in [2.05, 4.69) is 10.4 Å². The van der Waals surface area contributed by atoms with E-state index in [9.17, 15) is 4.79 Å². The lowest BCUT2D eigenvalue weighted by molar-refractivity contribution is -0.121. The molecule has 3 rings (SSSR count). The molecular weight excluding hydrogens is 354 g/mol. The van der Waals surface area contributed by atoms with Gasteiger partial charge in [-0.25, -0.2) is 0 Å². The largest absolute Gasteiger partial charge is 0.493 e. The van der Waals surface area contributed by atoms with Crippen molar-refractivity contribution in [2.24, 2.45) is 0 Å². The van der Waals surface area contributed by atoms with Crippen molar-refractivity contribution in [3.8, 4) is 11.5 Å². The number of hydrogen-bond acceptors (Lipinski definition) is 4. The summed E-state index contributed by atoms with van der Waals surface area (Å²) in [5.41, 5.74) is 1.86. The quantitative estimate of drug-likeness (QED) is 0.689. The van der Waals surface area contributed by atoms with Crippen LogP contribution in [-0.4, -0.2) is 29.9 Å². The van der Waals surface area contributed by atoms with Crippen LogP contribution in [0.3, 0.4) is 0 Å². The number of ether oxygens (including phenoxy) is 2. The van der Waals surface area contributed by atoms with Crippen molar-refractivity contribution in [1.29, 1.82) is 0 Å². The summed E-state index contributed by atoms with van der Waals surface area (Å²) in [6, 6.07) is 11.2. The number of fused-ring (bicyclic) bond motifs is 1. The number of aryl methyl sites for hydroxylation is 1. The van der Waals surface area contributed by atoms with Crippen molar-refractivity contribution >= 4 is 28.4 Å². The third-order valence-corrected chi connectivity index (χ3v) is 4.45. The maximum Gasteiger partial charge on any atom is 0.222 e. The highest BCUT2D eigenvalue weighted by Crippen LogP contribution is 2.27. The van der Waals surface area contributed by atoms with Crippen LogP contribution in [-0.2, 0) is 17.9 Å². The van der Waals surface area contributed by atoms with E-state index in [-0.39, 0.29) is 5.91 Å². The zero-order valence-corrected chi connectivity index (χ0v) is 15.4. The molecule has 2 aromatic carbocycles. The van der Waals surface area contributed by atoms with Crippen LogP contribution in [0.15, 0.2) is 42.6 Å². The summed E-state index contributed by atoms with van der Waals surface area (Å²) in [6.07, 6.45) is 2.05. The van der Waals surface area contributed by atoms with Crippen LogP contribution >= 0.6 is 11.6 Å². The van der Waals surface area contributed by atoms with Gasteiger partial charge in [-0.15, -0.1) is 0 Å². The molecule has 0 saturated carbocycles. The summed E-state index contributed by atoms with van der Waals surface area (Å²) in [5.74, 6) is 1.25. The van der Waals surface area contributed by atoms with E-state index in [1.165, 1.54) is 0 Å². The molecule has 0 spiro atoms. The van der Waals surface area contributed by atoms with Gasteiger partial charge in [-0.05, 0) is 29.8 Å². The van der Waals surface area contributed by atoms with Crippen LogP contribution in [0.5, 0.6) is 11.5 Å². The predicted molar refractivity (Wildman–Crippen MR) is 101 cm³/mol. The van der Waals surface area contributed by atoms with Gasteiger partial charge >= 0.3 is 0 Å². The second-order valence-electron chi connectivity index (χ2n) is 5.76. The summed E-state index contributed by atoms with van der Waals surface area (Å²) in [6.45, 7) is 0.909. The summed E-state index contributed by atoms with van der Waals surface area (Å²) in [4.78, 5) is 12.2. The first-order chi connectivity index (χ1) is 12.6. The first kappa shape index (κ1) is 18.1. The van der Waals surface area contributed by atoms with E-state index in [1.54, 1.807) is 25.1 Å². The molecule has 1 amide bonds. The lowest BCUT2D eigenvalue weighted by Crippen LogP contribution is -2.24. The predicted octanol–water partition coefficient (Wildman–Crippen LogP) is 3.41. The van der Waals surface area contributed by atoms with Crippen molar-refractivity contribution in [2.75, 3.05) is 14.2 Å². The summed E-state index contributed by atoms with van der Waals surface area (Å²) in [5, 5.41) is 8.76. The average molecular weight is 374 g/mol. The Bertz CT molecular complexity index is 924. The van der Waals surface area contributed by atoms with Gasteiger partial charge in [0, 0.05) is 18.4 Å². The molecule has 7 heteroatoms. The number of carbonyl (C=O) groups is 1. The third kappa shape index (κ3) is 3.91. The van der Waals surface area contributed by atoms with Crippen molar-refractivity contribution < 1.29 is 14.3 Å². The first-order valence-corrected chi connectivity index (χ1v) is 8.58. The van der Waals surface area contributed by atoms with E-state index in [0.29, 0.717) is 36.0 Å². The smallest absolute Gasteiger partial charge is 0.222 e. The minimum absolute atomic E-state index is 0.0505. The van der Waals surface area contributed by atoms with Crippen molar-refractivity contribution in [1.82, 2.24) is 15.1 Å². The number of amides is 1. The Labute approximate surface area is 156 Å². The zero-order chi connectivity index (χ0) is 18.5. The number of halogens is 1. The Balaban J connectivity index is 1.57. The Hall–Kier alpha value is -2.73. The molecule has 1 heterocycles. The molecule has 0 aliphatic rings. The van der Waals surface area contributed by atoms with Crippen LogP contribution in [0.4, 0.5) is 0 Å². The van der Waals surface area contributed by atoms with Gasteiger partial charge in [0.1, 0.15) is 0 Å². The number of benzene rings is 2. The van der Waals surface area contributed by atoms with E-state index in [1.807, 2.05) is 36.4 Å². The fraction of sp³-hybridized carbons (Fsp3) is 0.263. The highest BCUT2D eigenvalue weighted by atomic mass is 35.5. The van der Waals surface area contributed by atoms with Crippen LogP contribution in [0.25, 0.3) is 10.9 Å². The Morgan fingerprint density at radius 1 is 1.19 bits per heavy atom. The van der Waals surface area contributed by atoms with Gasteiger partial charge in [0.05, 0.1) is 37.5 Å². The Kier molecular flexibility index (Phi) is 5.63. The van der Waals surface area contributed by atoms with Gasteiger partial charge < -0.3 is 14.8 Å². The fourth-order valence-electron chi connectivity index (χ4n) is 2.73. The molecule has 0 saturated heterocycles.